The van der Waals surface area contributed by atoms with Gasteiger partial charge in [-0.1, -0.05) is 18.2 Å². The second kappa shape index (κ2) is 5.18. The van der Waals surface area contributed by atoms with E-state index < -0.39 is 0 Å². The zero-order valence-corrected chi connectivity index (χ0v) is 12.4. The lowest BCUT2D eigenvalue weighted by molar-refractivity contribution is -0.115. The number of halogens is 1. The number of hydrogen-bond acceptors (Lipinski definition) is 2. The summed E-state index contributed by atoms with van der Waals surface area (Å²) in [6.45, 7) is 0. The van der Waals surface area contributed by atoms with Crippen molar-refractivity contribution >= 4 is 34.3 Å². The summed E-state index contributed by atoms with van der Waals surface area (Å²) in [5, 5.41) is 1.02. The molecule has 4 rings (SSSR count). The van der Waals surface area contributed by atoms with Gasteiger partial charge in [-0.15, -0.1) is 11.8 Å². The standard InChI is InChI=1S/C17H13FN2OS/c18-11-5-7-12(8-6-11)20-16(21)10-22-17(20)14-9-19-15-4-2-1-3-13(14)15/h1-9,17,19H,10H2/t17-/m0/s1. The fraction of sp³-hybridized carbons (Fsp3) is 0.118. The number of H-pyrrole nitrogens is 1. The van der Waals surface area contributed by atoms with Gasteiger partial charge in [0.1, 0.15) is 11.2 Å². The summed E-state index contributed by atoms with van der Waals surface area (Å²) in [6.07, 6.45) is 1.96. The Morgan fingerprint density at radius 3 is 2.73 bits per heavy atom. The first-order valence-corrected chi connectivity index (χ1v) is 8.04. The van der Waals surface area contributed by atoms with Crippen LogP contribution >= 0.6 is 11.8 Å². The van der Waals surface area contributed by atoms with Gasteiger partial charge in [-0.3, -0.25) is 9.69 Å². The number of aromatic nitrogens is 1. The van der Waals surface area contributed by atoms with Crippen LogP contribution in [-0.4, -0.2) is 16.6 Å². The van der Waals surface area contributed by atoms with Crippen LogP contribution in [0.15, 0.2) is 54.7 Å². The minimum Gasteiger partial charge on any atom is -0.361 e. The monoisotopic (exact) mass is 312 g/mol. The maximum atomic E-state index is 13.1. The molecule has 1 N–H and O–H groups in total. The molecule has 2 aromatic carbocycles. The molecule has 22 heavy (non-hydrogen) atoms. The van der Waals surface area contributed by atoms with E-state index >= 15 is 0 Å². The molecule has 0 aliphatic carbocycles. The third-order valence-corrected chi connectivity index (χ3v) is 5.05. The number of aromatic amines is 1. The van der Waals surface area contributed by atoms with E-state index in [1.54, 1.807) is 28.8 Å². The van der Waals surface area contributed by atoms with Gasteiger partial charge in [0, 0.05) is 28.4 Å². The number of hydrogen-bond donors (Lipinski definition) is 1. The van der Waals surface area contributed by atoms with E-state index in [9.17, 15) is 9.18 Å². The SMILES string of the molecule is O=C1CS[C@@H](c2c[nH]c3ccccc23)N1c1ccc(F)cc1. The molecule has 1 aliphatic rings. The summed E-state index contributed by atoms with van der Waals surface area (Å²) in [4.78, 5) is 17.3. The Labute approximate surface area is 131 Å². The number of carbonyl (C=O) groups excluding carboxylic acids is 1. The van der Waals surface area contributed by atoms with Crippen LogP contribution < -0.4 is 4.90 Å². The Morgan fingerprint density at radius 1 is 1.14 bits per heavy atom. The van der Waals surface area contributed by atoms with Gasteiger partial charge < -0.3 is 4.98 Å². The Kier molecular flexibility index (Phi) is 3.15. The van der Waals surface area contributed by atoms with E-state index in [4.69, 9.17) is 0 Å². The molecule has 0 bridgehead atoms. The molecule has 0 radical (unpaired) electrons. The van der Waals surface area contributed by atoms with Gasteiger partial charge in [-0.25, -0.2) is 4.39 Å². The number of anilines is 1. The Balaban J connectivity index is 1.80. The first-order chi connectivity index (χ1) is 10.7. The number of benzene rings is 2. The number of carbonyl (C=O) groups is 1. The van der Waals surface area contributed by atoms with Crippen LogP contribution in [0, 0.1) is 5.82 Å². The molecule has 1 atom stereocenters. The van der Waals surface area contributed by atoms with E-state index in [2.05, 4.69) is 4.98 Å². The molecule has 0 spiro atoms. The average Bonchev–Trinajstić information content (AvgIpc) is 3.12. The first kappa shape index (κ1) is 13.4. The van der Waals surface area contributed by atoms with Crippen molar-refractivity contribution in [2.45, 2.75) is 5.37 Å². The molecular weight excluding hydrogens is 299 g/mol. The summed E-state index contributed by atoms with van der Waals surface area (Å²) < 4.78 is 13.1. The number of nitrogens with zero attached hydrogens (tertiary/aromatic N) is 1. The Bertz CT molecular complexity index is 843. The Hall–Kier alpha value is -2.27. The van der Waals surface area contributed by atoms with E-state index in [0.29, 0.717) is 5.75 Å². The molecule has 1 amide bonds. The molecule has 5 heteroatoms. The van der Waals surface area contributed by atoms with Crippen LogP contribution in [0.4, 0.5) is 10.1 Å². The predicted octanol–water partition coefficient (Wildman–Crippen LogP) is 4.09. The Morgan fingerprint density at radius 2 is 1.91 bits per heavy atom. The van der Waals surface area contributed by atoms with E-state index in [-0.39, 0.29) is 17.1 Å². The second-order valence-electron chi connectivity index (χ2n) is 5.19. The lowest BCUT2D eigenvalue weighted by Crippen LogP contribution is -2.27. The van der Waals surface area contributed by atoms with E-state index in [1.165, 1.54) is 12.1 Å². The molecule has 2 heterocycles. The molecule has 3 nitrogen and oxygen atoms in total. The highest BCUT2D eigenvalue weighted by Gasteiger charge is 2.35. The smallest absolute Gasteiger partial charge is 0.238 e. The topological polar surface area (TPSA) is 36.1 Å². The van der Waals surface area contributed by atoms with Gasteiger partial charge in [0.25, 0.3) is 0 Å². The molecule has 3 aromatic rings. The lowest BCUT2D eigenvalue weighted by Gasteiger charge is -2.23. The molecule has 1 saturated heterocycles. The van der Waals surface area contributed by atoms with Crippen LogP contribution in [0.5, 0.6) is 0 Å². The van der Waals surface area contributed by atoms with Crippen molar-refractivity contribution < 1.29 is 9.18 Å². The first-order valence-electron chi connectivity index (χ1n) is 6.99. The molecule has 1 fully saturated rings. The van der Waals surface area contributed by atoms with Gasteiger partial charge in [0.2, 0.25) is 5.91 Å². The van der Waals surface area contributed by atoms with E-state index in [1.807, 2.05) is 30.5 Å². The van der Waals surface area contributed by atoms with Crippen molar-refractivity contribution in [2.24, 2.45) is 0 Å². The fourth-order valence-electron chi connectivity index (χ4n) is 2.83. The number of thioether (sulfide) groups is 1. The third-order valence-electron chi connectivity index (χ3n) is 3.86. The highest BCUT2D eigenvalue weighted by atomic mass is 32.2. The van der Waals surface area contributed by atoms with Crippen molar-refractivity contribution in [2.75, 3.05) is 10.7 Å². The quantitative estimate of drug-likeness (QED) is 0.774. The summed E-state index contributed by atoms with van der Waals surface area (Å²) in [5.74, 6) is 0.181. The number of nitrogens with one attached hydrogen (secondary N) is 1. The normalized spacial score (nSPS) is 18.3. The zero-order valence-electron chi connectivity index (χ0n) is 11.6. The number of rotatable bonds is 2. The lowest BCUT2D eigenvalue weighted by atomic mass is 10.1. The largest absolute Gasteiger partial charge is 0.361 e. The molecule has 1 aliphatic heterocycles. The number of fused-ring (bicyclic) bond motifs is 1. The highest BCUT2D eigenvalue weighted by Crippen LogP contribution is 2.43. The summed E-state index contributed by atoms with van der Waals surface area (Å²) in [7, 11) is 0. The average molecular weight is 312 g/mol. The molecular formula is C17H13FN2OS. The fourth-order valence-corrected chi connectivity index (χ4v) is 4.04. The molecule has 110 valence electrons. The minimum atomic E-state index is -0.299. The van der Waals surface area contributed by atoms with Gasteiger partial charge in [-0.2, -0.15) is 0 Å². The van der Waals surface area contributed by atoms with Crippen LogP contribution in [0.3, 0.4) is 0 Å². The maximum absolute atomic E-state index is 13.1. The van der Waals surface area contributed by atoms with Crippen molar-refractivity contribution in [1.82, 2.24) is 4.98 Å². The summed E-state index contributed by atoms with van der Waals surface area (Å²) in [5.41, 5.74) is 2.86. The van der Waals surface area contributed by atoms with Crippen molar-refractivity contribution in [1.29, 1.82) is 0 Å². The second-order valence-corrected chi connectivity index (χ2v) is 6.26. The van der Waals surface area contributed by atoms with Crippen molar-refractivity contribution in [3.8, 4) is 0 Å². The van der Waals surface area contributed by atoms with Crippen LogP contribution in [0.1, 0.15) is 10.9 Å². The van der Waals surface area contributed by atoms with Crippen molar-refractivity contribution in [3.63, 3.8) is 0 Å². The maximum Gasteiger partial charge on any atom is 0.238 e. The summed E-state index contributed by atoms with van der Waals surface area (Å²) >= 11 is 1.59. The van der Waals surface area contributed by atoms with Gasteiger partial charge in [0.15, 0.2) is 0 Å². The van der Waals surface area contributed by atoms with Gasteiger partial charge in [-0.05, 0) is 30.3 Å². The highest BCUT2D eigenvalue weighted by molar-refractivity contribution is 8.00. The van der Waals surface area contributed by atoms with Crippen LogP contribution in [0.2, 0.25) is 0 Å². The van der Waals surface area contributed by atoms with E-state index in [0.717, 1.165) is 22.2 Å². The number of amides is 1. The summed E-state index contributed by atoms with van der Waals surface area (Å²) in [6, 6.07) is 14.1. The molecule has 0 unspecified atom stereocenters. The van der Waals surface area contributed by atoms with Crippen molar-refractivity contribution in [3.05, 3.63) is 66.1 Å². The predicted molar refractivity (Wildman–Crippen MR) is 87.4 cm³/mol. The number of para-hydroxylation sites is 1. The van der Waals surface area contributed by atoms with Gasteiger partial charge >= 0.3 is 0 Å². The minimum absolute atomic E-state index is 0.0480. The van der Waals surface area contributed by atoms with Crippen LogP contribution in [0.25, 0.3) is 10.9 Å². The molecule has 0 saturated carbocycles. The zero-order chi connectivity index (χ0) is 15.1. The van der Waals surface area contributed by atoms with Crippen LogP contribution in [-0.2, 0) is 4.79 Å². The molecule has 1 aromatic heterocycles. The third kappa shape index (κ3) is 2.09. The van der Waals surface area contributed by atoms with Gasteiger partial charge in [0.05, 0.1) is 5.75 Å².